The number of anilines is 1. The zero-order chi connectivity index (χ0) is 21.8. The van der Waals surface area contributed by atoms with Gasteiger partial charge in [-0.05, 0) is 59.6 Å². The second-order valence-electron chi connectivity index (χ2n) is 7.82. The Bertz CT molecular complexity index is 1180. The zero-order valence-electron chi connectivity index (χ0n) is 17.0. The van der Waals surface area contributed by atoms with Crippen LogP contribution in [0.15, 0.2) is 67.0 Å². The van der Waals surface area contributed by atoms with Gasteiger partial charge in [-0.3, -0.25) is 14.5 Å². The molecule has 0 radical (unpaired) electrons. The molecule has 160 valence electrons. The van der Waals surface area contributed by atoms with Crippen molar-refractivity contribution in [1.29, 1.82) is 0 Å². The summed E-state index contributed by atoms with van der Waals surface area (Å²) in [6.07, 6.45) is 6.03. The van der Waals surface area contributed by atoms with E-state index in [-0.39, 0.29) is 12.2 Å². The molecule has 7 heteroatoms. The predicted molar refractivity (Wildman–Crippen MR) is 119 cm³/mol. The molecular formula is C24H24N2O4S. The number of aliphatic carboxylic acids is 1. The number of fused-ring (bicyclic) bond motifs is 1. The van der Waals surface area contributed by atoms with Gasteiger partial charge in [0.05, 0.1) is 17.4 Å². The second-order valence-corrected chi connectivity index (χ2v) is 9.55. The Morgan fingerprint density at radius 2 is 1.81 bits per heavy atom. The van der Waals surface area contributed by atoms with Crippen LogP contribution in [0, 0.1) is 0 Å². The van der Waals surface area contributed by atoms with E-state index < -0.39 is 21.9 Å². The van der Waals surface area contributed by atoms with E-state index in [1.54, 1.807) is 48.8 Å². The van der Waals surface area contributed by atoms with Crippen molar-refractivity contribution in [3.8, 4) is 0 Å². The van der Waals surface area contributed by atoms with E-state index in [4.69, 9.17) is 0 Å². The van der Waals surface area contributed by atoms with E-state index in [1.165, 1.54) is 0 Å². The van der Waals surface area contributed by atoms with E-state index >= 15 is 0 Å². The lowest BCUT2D eigenvalue weighted by Gasteiger charge is -2.21. The summed E-state index contributed by atoms with van der Waals surface area (Å²) >= 11 is 0. The molecule has 31 heavy (non-hydrogen) atoms. The average molecular weight is 437 g/mol. The summed E-state index contributed by atoms with van der Waals surface area (Å²) in [7, 11) is -3.72. The van der Waals surface area contributed by atoms with Gasteiger partial charge in [-0.15, -0.1) is 0 Å². The summed E-state index contributed by atoms with van der Waals surface area (Å²) in [6, 6.07) is 16.2. The molecule has 0 saturated heterocycles. The van der Waals surface area contributed by atoms with E-state index in [9.17, 15) is 18.3 Å². The van der Waals surface area contributed by atoms with Crippen LogP contribution >= 0.6 is 0 Å². The highest BCUT2D eigenvalue weighted by atomic mass is 32.2. The molecule has 3 aromatic rings. The minimum atomic E-state index is -3.72. The van der Waals surface area contributed by atoms with Gasteiger partial charge in [0.2, 0.25) is 10.0 Å². The molecule has 0 bridgehead atoms. The van der Waals surface area contributed by atoms with Crippen LogP contribution in [0.3, 0.4) is 0 Å². The average Bonchev–Trinajstić information content (AvgIpc) is 3.23. The van der Waals surface area contributed by atoms with Crippen molar-refractivity contribution >= 4 is 21.7 Å². The second kappa shape index (κ2) is 8.89. The number of carbonyl (C=O) groups is 1. The number of aromatic nitrogens is 1. The Kier molecular flexibility index (Phi) is 6.04. The van der Waals surface area contributed by atoms with Gasteiger partial charge in [0, 0.05) is 12.4 Å². The third-order valence-corrected chi connectivity index (χ3v) is 6.84. The molecule has 6 nitrogen and oxygen atoms in total. The first kappa shape index (κ1) is 21.1. The van der Waals surface area contributed by atoms with Crippen LogP contribution in [0.25, 0.3) is 0 Å². The molecule has 0 fully saturated rings. The molecule has 0 aliphatic heterocycles. The number of aryl methyl sites for hydroxylation is 1. The zero-order valence-corrected chi connectivity index (χ0v) is 17.8. The Balaban J connectivity index is 1.72. The number of pyridine rings is 1. The SMILES string of the molecule is O=C(O)C(Cc1cccnc1)c1ccc2c(c1NS(=O)(=O)Cc1ccccc1)CCC2. The number of nitrogens with zero attached hydrogens (tertiary/aromatic N) is 1. The predicted octanol–water partition coefficient (Wildman–Crippen LogP) is 3.92. The van der Waals surface area contributed by atoms with E-state index in [0.717, 1.165) is 36.0 Å². The Labute approximate surface area is 182 Å². The maximum atomic E-state index is 13.0. The smallest absolute Gasteiger partial charge is 0.311 e. The number of sulfonamides is 1. The fourth-order valence-electron chi connectivity index (χ4n) is 4.17. The third kappa shape index (κ3) is 4.94. The van der Waals surface area contributed by atoms with Crippen molar-refractivity contribution in [3.63, 3.8) is 0 Å². The van der Waals surface area contributed by atoms with Gasteiger partial charge in [-0.1, -0.05) is 48.5 Å². The first-order valence-corrected chi connectivity index (χ1v) is 11.9. The molecule has 1 aliphatic carbocycles. The largest absolute Gasteiger partial charge is 0.481 e. The summed E-state index contributed by atoms with van der Waals surface area (Å²) in [5, 5.41) is 10.00. The monoisotopic (exact) mass is 436 g/mol. The molecular weight excluding hydrogens is 412 g/mol. The molecule has 0 saturated carbocycles. The Morgan fingerprint density at radius 3 is 2.52 bits per heavy atom. The van der Waals surface area contributed by atoms with Gasteiger partial charge < -0.3 is 5.11 Å². The van der Waals surface area contributed by atoms with Gasteiger partial charge in [-0.25, -0.2) is 8.42 Å². The number of carboxylic acid groups (broad SMARTS) is 1. The number of carboxylic acids is 1. The van der Waals surface area contributed by atoms with Crippen molar-refractivity contribution in [1.82, 2.24) is 4.98 Å². The van der Waals surface area contributed by atoms with Gasteiger partial charge in [0.15, 0.2) is 0 Å². The molecule has 0 spiro atoms. The molecule has 0 amide bonds. The lowest BCUT2D eigenvalue weighted by molar-refractivity contribution is -0.138. The summed E-state index contributed by atoms with van der Waals surface area (Å²) in [5.41, 5.74) is 4.37. The maximum Gasteiger partial charge on any atom is 0.311 e. The molecule has 4 rings (SSSR count). The van der Waals surface area contributed by atoms with Crippen molar-refractivity contribution < 1.29 is 18.3 Å². The molecule has 1 unspecified atom stereocenters. The van der Waals surface area contributed by atoms with Crippen molar-refractivity contribution in [3.05, 3.63) is 94.8 Å². The highest BCUT2D eigenvalue weighted by Gasteiger charge is 2.29. The molecule has 1 aliphatic rings. The molecule has 2 aromatic carbocycles. The molecule has 1 heterocycles. The van der Waals surface area contributed by atoms with E-state index in [1.807, 2.05) is 18.2 Å². The number of nitrogens with one attached hydrogen (secondary N) is 1. The molecule has 2 N–H and O–H groups in total. The Morgan fingerprint density at radius 1 is 1.03 bits per heavy atom. The van der Waals surface area contributed by atoms with Crippen LogP contribution < -0.4 is 4.72 Å². The van der Waals surface area contributed by atoms with E-state index in [0.29, 0.717) is 16.8 Å². The summed E-state index contributed by atoms with van der Waals surface area (Å²) in [6.45, 7) is 0. The van der Waals surface area contributed by atoms with E-state index in [2.05, 4.69) is 9.71 Å². The van der Waals surface area contributed by atoms with Crippen LogP contribution in [0.1, 0.15) is 40.2 Å². The van der Waals surface area contributed by atoms with Crippen LogP contribution in [-0.2, 0) is 39.8 Å². The van der Waals surface area contributed by atoms with Gasteiger partial charge >= 0.3 is 5.97 Å². The van der Waals surface area contributed by atoms with Crippen molar-refractivity contribution in [2.24, 2.45) is 0 Å². The molecule has 1 atom stereocenters. The van der Waals surface area contributed by atoms with Gasteiger partial charge in [0.25, 0.3) is 0 Å². The van der Waals surface area contributed by atoms with Crippen LogP contribution in [0.5, 0.6) is 0 Å². The summed E-state index contributed by atoms with van der Waals surface area (Å²) in [5.74, 6) is -2.05. The number of hydrogen-bond donors (Lipinski definition) is 2. The lowest BCUT2D eigenvalue weighted by atomic mass is 9.89. The minimum Gasteiger partial charge on any atom is -0.481 e. The van der Waals surface area contributed by atoms with Crippen LogP contribution in [0.2, 0.25) is 0 Å². The lowest BCUT2D eigenvalue weighted by Crippen LogP contribution is -2.21. The first-order valence-electron chi connectivity index (χ1n) is 10.2. The molecule has 1 aromatic heterocycles. The fraction of sp³-hybridized carbons (Fsp3) is 0.250. The maximum absolute atomic E-state index is 13.0. The topological polar surface area (TPSA) is 96.4 Å². The highest BCUT2D eigenvalue weighted by Crippen LogP contribution is 2.37. The van der Waals surface area contributed by atoms with Crippen molar-refractivity contribution in [2.45, 2.75) is 37.4 Å². The quantitative estimate of drug-likeness (QED) is 0.558. The number of hydrogen-bond acceptors (Lipinski definition) is 4. The van der Waals surface area contributed by atoms with Crippen molar-refractivity contribution in [2.75, 3.05) is 4.72 Å². The number of benzene rings is 2. The van der Waals surface area contributed by atoms with Gasteiger partial charge in [-0.2, -0.15) is 0 Å². The normalized spacial score (nSPS) is 14.1. The van der Waals surface area contributed by atoms with Gasteiger partial charge in [0.1, 0.15) is 0 Å². The Hall–Kier alpha value is -3.19. The standard InChI is InChI=1S/C24H24N2O4S/c27-24(28)22(14-18-8-5-13-25-15-18)21-12-11-19-9-4-10-20(19)23(21)26-31(29,30)16-17-6-2-1-3-7-17/h1-3,5-8,11-13,15,22,26H,4,9-10,14,16H2,(H,27,28). The van der Waals surface area contributed by atoms with Crippen LogP contribution in [0.4, 0.5) is 5.69 Å². The summed E-state index contributed by atoms with van der Waals surface area (Å²) < 4.78 is 28.8. The highest BCUT2D eigenvalue weighted by molar-refractivity contribution is 7.91. The summed E-state index contributed by atoms with van der Waals surface area (Å²) in [4.78, 5) is 16.3. The minimum absolute atomic E-state index is 0.169. The number of rotatable bonds is 8. The third-order valence-electron chi connectivity index (χ3n) is 5.61. The van der Waals surface area contributed by atoms with Crippen LogP contribution in [-0.4, -0.2) is 24.5 Å². The first-order chi connectivity index (χ1) is 14.9. The fourth-order valence-corrected chi connectivity index (χ4v) is 5.42.